The number of likely N-dealkylation sites (tertiary alicyclic amines) is 1. The summed E-state index contributed by atoms with van der Waals surface area (Å²) in [6, 6.07) is 0. The lowest BCUT2D eigenvalue weighted by atomic mass is 9.86. The van der Waals surface area contributed by atoms with E-state index in [1.54, 1.807) is 0 Å². The van der Waals surface area contributed by atoms with Gasteiger partial charge in [0.2, 0.25) is 5.91 Å². The zero-order valence-corrected chi connectivity index (χ0v) is 12.5. The molecule has 20 heavy (non-hydrogen) atoms. The SMILES string of the molecule is O=C(CC1CC2CCC1C2)N1CC[C@@H]2CNC[C@@H]2CC1. The van der Waals surface area contributed by atoms with Gasteiger partial charge < -0.3 is 10.2 Å². The van der Waals surface area contributed by atoms with Crippen LogP contribution >= 0.6 is 0 Å². The first-order chi connectivity index (χ1) is 9.79. The highest BCUT2D eigenvalue weighted by molar-refractivity contribution is 5.76. The van der Waals surface area contributed by atoms with Crippen LogP contribution in [-0.4, -0.2) is 37.0 Å². The van der Waals surface area contributed by atoms with E-state index < -0.39 is 0 Å². The number of fused-ring (bicyclic) bond motifs is 3. The second kappa shape index (κ2) is 5.32. The molecule has 2 aliphatic carbocycles. The molecule has 2 saturated heterocycles. The highest BCUT2D eigenvalue weighted by Crippen LogP contribution is 2.49. The van der Waals surface area contributed by atoms with Gasteiger partial charge in [0, 0.05) is 19.5 Å². The second-order valence-corrected chi connectivity index (χ2v) is 7.78. The van der Waals surface area contributed by atoms with Crippen molar-refractivity contribution in [2.45, 2.75) is 44.9 Å². The number of amides is 1. The topological polar surface area (TPSA) is 32.3 Å². The fourth-order valence-corrected chi connectivity index (χ4v) is 5.45. The fraction of sp³-hybridized carbons (Fsp3) is 0.941. The molecule has 2 bridgehead atoms. The van der Waals surface area contributed by atoms with Crippen molar-refractivity contribution < 1.29 is 4.79 Å². The molecule has 4 fully saturated rings. The van der Waals surface area contributed by atoms with Crippen LogP contribution < -0.4 is 5.32 Å². The van der Waals surface area contributed by atoms with Crippen LogP contribution in [0.5, 0.6) is 0 Å². The zero-order chi connectivity index (χ0) is 13.5. The van der Waals surface area contributed by atoms with E-state index in [9.17, 15) is 4.79 Å². The number of hydrogen-bond acceptors (Lipinski definition) is 2. The molecule has 2 saturated carbocycles. The molecule has 1 amide bonds. The van der Waals surface area contributed by atoms with Crippen molar-refractivity contribution in [3.05, 3.63) is 0 Å². The van der Waals surface area contributed by atoms with Crippen LogP contribution in [0, 0.1) is 29.6 Å². The first-order valence-corrected chi connectivity index (χ1v) is 8.78. The average molecular weight is 276 g/mol. The number of nitrogens with one attached hydrogen (secondary N) is 1. The summed E-state index contributed by atoms with van der Waals surface area (Å²) in [4.78, 5) is 14.8. The molecule has 1 N–H and O–H groups in total. The predicted molar refractivity (Wildman–Crippen MR) is 79.2 cm³/mol. The van der Waals surface area contributed by atoms with Crippen LogP contribution in [0.4, 0.5) is 0 Å². The van der Waals surface area contributed by atoms with Crippen molar-refractivity contribution >= 4 is 5.91 Å². The third-order valence-electron chi connectivity index (χ3n) is 6.69. The Labute approximate surface area is 122 Å². The maximum absolute atomic E-state index is 12.6. The van der Waals surface area contributed by atoms with Gasteiger partial charge in [-0.25, -0.2) is 0 Å². The molecule has 0 aromatic carbocycles. The second-order valence-electron chi connectivity index (χ2n) is 7.78. The van der Waals surface area contributed by atoms with Crippen molar-refractivity contribution in [2.24, 2.45) is 29.6 Å². The Morgan fingerprint density at radius 1 is 0.950 bits per heavy atom. The summed E-state index contributed by atoms with van der Waals surface area (Å²) in [6.07, 6.45) is 8.91. The van der Waals surface area contributed by atoms with Gasteiger partial charge in [-0.3, -0.25) is 4.79 Å². The lowest BCUT2D eigenvalue weighted by Crippen LogP contribution is -2.34. The zero-order valence-electron chi connectivity index (χ0n) is 12.5. The summed E-state index contributed by atoms with van der Waals surface area (Å²) in [6.45, 7) is 4.39. The van der Waals surface area contributed by atoms with Gasteiger partial charge in [0.05, 0.1) is 0 Å². The fourth-order valence-electron chi connectivity index (χ4n) is 5.45. The van der Waals surface area contributed by atoms with Crippen LogP contribution in [0.3, 0.4) is 0 Å². The summed E-state index contributed by atoms with van der Waals surface area (Å²) in [5.41, 5.74) is 0. The summed E-state index contributed by atoms with van der Waals surface area (Å²) in [7, 11) is 0. The van der Waals surface area contributed by atoms with Crippen LogP contribution in [0.25, 0.3) is 0 Å². The van der Waals surface area contributed by atoms with Gasteiger partial charge in [-0.05, 0) is 74.8 Å². The number of carbonyl (C=O) groups is 1. The Balaban J connectivity index is 1.32. The van der Waals surface area contributed by atoms with Crippen molar-refractivity contribution in [1.29, 1.82) is 0 Å². The lowest BCUT2D eigenvalue weighted by Gasteiger charge is -2.26. The highest BCUT2D eigenvalue weighted by atomic mass is 16.2. The molecule has 112 valence electrons. The van der Waals surface area contributed by atoms with Crippen molar-refractivity contribution in [3.8, 4) is 0 Å². The maximum atomic E-state index is 12.6. The quantitative estimate of drug-likeness (QED) is 0.839. The average Bonchev–Trinajstić information content (AvgIpc) is 3.13. The van der Waals surface area contributed by atoms with Crippen LogP contribution in [-0.2, 0) is 4.79 Å². The van der Waals surface area contributed by atoms with E-state index in [4.69, 9.17) is 0 Å². The van der Waals surface area contributed by atoms with Gasteiger partial charge in [-0.2, -0.15) is 0 Å². The maximum Gasteiger partial charge on any atom is 0.222 e. The number of nitrogens with zero attached hydrogens (tertiary/aromatic N) is 1. The van der Waals surface area contributed by atoms with Gasteiger partial charge in [0.15, 0.2) is 0 Å². The molecule has 3 nitrogen and oxygen atoms in total. The highest BCUT2D eigenvalue weighted by Gasteiger charge is 2.41. The molecule has 2 heterocycles. The largest absolute Gasteiger partial charge is 0.343 e. The Kier molecular flexibility index (Phi) is 3.49. The van der Waals surface area contributed by atoms with Gasteiger partial charge in [-0.1, -0.05) is 6.42 Å². The van der Waals surface area contributed by atoms with Crippen molar-refractivity contribution in [3.63, 3.8) is 0 Å². The minimum absolute atomic E-state index is 0.468. The molecule has 3 heteroatoms. The molecular weight excluding hydrogens is 248 g/mol. The van der Waals surface area contributed by atoms with E-state index in [0.717, 1.165) is 49.1 Å². The summed E-state index contributed by atoms with van der Waals surface area (Å²) in [5, 5.41) is 3.51. The molecule has 0 spiro atoms. The van der Waals surface area contributed by atoms with E-state index in [1.165, 1.54) is 51.6 Å². The Morgan fingerprint density at radius 2 is 1.70 bits per heavy atom. The first kappa shape index (κ1) is 13.1. The third kappa shape index (κ3) is 2.38. The number of hydrogen-bond donors (Lipinski definition) is 1. The molecule has 0 radical (unpaired) electrons. The van der Waals surface area contributed by atoms with Crippen molar-refractivity contribution in [1.82, 2.24) is 10.2 Å². The third-order valence-corrected chi connectivity index (χ3v) is 6.69. The van der Waals surface area contributed by atoms with E-state index in [1.807, 2.05) is 0 Å². The molecule has 2 aliphatic heterocycles. The Morgan fingerprint density at radius 3 is 2.30 bits per heavy atom. The van der Waals surface area contributed by atoms with Crippen LogP contribution in [0.15, 0.2) is 0 Å². The smallest absolute Gasteiger partial charge is 0.222 e. The lowest BCUT2D eigenvalue weighted by molar-refractivity contribution is -0.132. The van der Waals surface area contributed by atoms with Crippen molar-refractivity contribution in [2.75, 3.05) is 26.2 Å². The van der Waals surface area contributed by atoms with Crippen LogP contribution in [0.1, 0.15) is 44.9 Å². The number of rotatable bonds is 2. The minimum atomic E-state index is 0.468. The van der Waals surface area contributed by atoms with Gasteiger partial charge in [0.25, 0.3) is 0 Å². The molecule has 0 aromatic heterocycles. The van der Waals surface area contributed by atoms with Gasteiger partial charge >= 0.3 is 0 Å². The van der Waals surface area contributed by atoms with E-state index >= 15 is 0 Å². The standard InChI is InChI=1S/C17H28N2O/c20-17(9-16-8-12-1-2-13(16)7-12)19-5-3-14-10-18-11-15(14)4-6-19/h12-16,18H,1-11H2/t12?,13?,14-,15+,16?. The van der Waals surface area contributed by atoms with Gasteiger partial charge in [0.1, 0.15) is 0 Å². The van der Waals surface area contributed by atoms with E-state index in [2.05, 4.69) is 10.2 Å². The van der Waals surface area contributed by atoms with E-state index in [0.29, 0.717) is 5.91 Å². The summed E-state index contributed by atoms with van der Waals surface area (Å²) >= 11 is 0. The summed E-state index contributed by atoms with van der Waals surface area (Å²) < 4.78 is 0. The molecule has 3 unspecified atom stereocenters. The van der Waals surface area contributed by atoms with Gasteiger partial charge in [-0.15, -0.1) is 0 Å². The normalized spacial score (nSPS) is 43.6. The minimum Gasteiger partial charge on any atom is -0.343 e. The monoisotopic (exact) mass is 276 g/mol. The molecule has 0 aromatic rings. The molecular formula is C17H28N2O. The molecule has 4 aliphatic rings. The predicted octanol–water partition coefficient (Wildman–Crippen LogP) is 2.27. The first-order valence-electron chi connectivity index (χ1n) is 8.78. The van der Waals surface area contributed by atoms with Crippen LogP contribution in [0.2, 0.25) is 0 Å². The Hall–Kier alpha value is -0.570. The Bertz CT molecular complexity index is 369. The summed E-state index contributed by atoms with van der Waals surface area (Å²) in [5.74, 6) is 4.71. The molecule has 4 rings (SSSR count). The molecule has 5 atom stereocenters. The van der Waals surface area contributed by atoms with E-state index in [-0.39, 0.29) is 0 Å². The number of carbonyl (C=O) groups excluding carboxylic acids is 1.